The van der Waals surface area contributed by atoms with Crippen molar-refractivity contribution in [2.75, 3.05) is 0 Å². The fourth-order valence-corrected chi connectivity index (χ4v) is 3.18. The molecule has 0 aliphatic carbocycles. The number of aromatic nitrogens is 3. The highest BCUT2D eigenvalue weighted by atomic mass is 32.1. The van der Waals surface area contributed by atoms with Gasteiger partial charge < -0.3 is 0 Å². The average Bonchev–Trinajstić information content (AvgIpc) is 2.90. The maximum atomic E-state index is 9.07. The number of aryl methyl sites for hydroxylation is 2. The molecule has 3 aromatic rings. The SMILES string of the molecule is Cc1sc2nc(-c3ccncc3)c(CC#N)n2c1C. The third-order valence-corrected chi connectivity index (χ3v) is 4.29. The smallest absolute Gasteiger partial charge is 0.194 e. The van der Waals surface area contributed by atoms with Gasteiger partial charge in [-0.05, 0) is 26.0 Å². The van der Waals surface area contributed by atoms with Crippen LogP contribution in [0.4, 0.5) is 0 Å². The molecule has 0 radical (unpaired) electrons. The Morgan fingerprint density at radius 2 is 2.05 bits per heavy atom. The van der Waals surface area contributed by atoms with Crippen LogP contribution in [0.15, 0.2) is 24.5 Å². The van der Waals surface area contributed by atoms with E-state index in [-0.39, 0.29) is 0 Å². The minimum atomic E-state index is 0.357. The van der Waals surface area contributed by atoms with E-state index in [2.05, 4.69) is 34.3 Å². The Kier molecular flexibility index (Phi) is 2.80. The predicted octanol–water partition coefficient (Wildman–Crippen LogP) is 3.14. The first-order valence-electron chi connectivity index (χ1n) is 5.97. The molecule has 0 saturated carbocycles. The Morgan fingerprint density at radius 1 is 1.32 bits per heavy atom. The quantitative estimate of drug-likeness (QED) is 0.717. The maximum absolute atomic E-state index is 9.07. The number of rotatable bonds is 2. The molecule has 0 aliphatic heterocycles. The first-order valence-corrected chi connectivity index (χ1v) is 6.78. The van der Waals surface area contributed by atoms with E-state index < -0.39 is 0 Å². The molecule has 0 aliphatic rings. The van der Waals surface area contributed by atoms with Crippen LogP contribution in [0.2, 0.25) is 0 Å². The van der Waals surface area contributed by atoms with Crippen LogP contribution < -0.4 is 0 Å². The average molecular weight is 268 g/mol. The van der Waals surface area contributed by atoms with Crippen LogP contribution in [0.3, 0.4) is 0 Å². The van der Waals surface area contributed by atoms with Gasteiger partial charge in [-0.15, -0.1) is 11.3 Å². The molecule has 0 N–H and O–H groups in total. The van der Waals surface area contributed by atoms with Gasteiger partial charge in [-0.3, -0.25) is 9.38 Å². The molecule has 94 valence electrons. The summed E-state index contributed by atoms with van der Waals surface area (Å²) < 4.78 is 2.10. The number of nitrogens with zero attached hydrogens (tertiary/aromatic N) is 4. The molecule has 3 rings (SSSR count). The van der Waals surface area contributed by atoms with E-state index in [9.17, 15) is 0 Å². The number of thiazole rings is 1. The van der Waals surface area contributed by atoms with Crippen LogP contribution >= 0.6 is 11.3 Å². The second-order valence-electron chi connectivity index (χ2n) is 4.34. The molecule has 0 spiro atoms. The van der Waals surface area contributed by atoms with Crippen LogP contribution in [0, 0.1) is 25.2 Å². The van der Waals surface area contributed by atoms with E-state index in [1.165, 1.54) is 4.88 Å². The van der Waals surface area contributed by atoms with Crippen LogP contribution in [0.5, 0.6) is 0 Å². The molecule has 3 aromatic heterocycles. The van der Waals surface area contributed by atoms with E-state index in [1.807, 2.05) is 12.1 Å². The molecule has 0 saturated heterocycles. The Balaban J connectivity index is 2.31. The second-order valence-corrected chi connectivity index (χ2v) is 5.52. The van der Waals surface area contributed by atoms with Crippen LogP contribution in [0.25, 0.3) is 16.2 Å². The van der Waals surface area contributed by atoms with Gasteiger partial charge in [0.15, 0.2) is 4.96 Å². The number of fused-ring (bicyclic) bond motifs is 1. The van der Waals surface area contributed by atoms with Crippen LogP contribution in [-0.2, 0) is 6.42 Å². The van der Waals surface area contributed by atoms with E-state index in [4.69, 9.17) is 5.26 Å². The van der Waals surface area contributed by atoms with E-state index in [1.54, 1.807) is 23.7 Å². The van der Waals surface area contributed by atoms with Crippen molar-refractivity contribution in [2.45, 2.75) is 20.3 Å². The highest BCUT2D eigenvalue weighted by Gasteiger charge is 2.17. The number of hydrogen-bond acceptors (Lipinski definition) is 4. The lowest BCUT2D eigenvalue weighted by molar-refractivity contribution is 1.02. The third-order valence-electron chi connectivity index (χ3n) is 3.23. The zero-order valence-corrected chi connectivity index (χ0v) is 11.5. The van der Waals surface area contributed by atoms with Gasteiger partial charge in [0.05, 0.1) is 23.9 Å². The minimum Gasteiger partial charge on any atom is -0.290 e. The summed E-state index contributed by atoms with van der Waals surface area (Å²) in [5, 5.41) is 9.07. The van der Waals surface area contributed by atoms with Gasteiger partial charge in [-0.2, -0.15) is 5.26 Å². The summed E-state index contributed by atoms with van der Waals surface area (Å²) in [4.78, 5) is 10.9. The monoisotopic (exact) mass is 268 g/mol. The molecule has 0 bridgehead atoms. The van der Waals surface area contributed by atoms with Gasteiger partial charge in [0.2, 0.25) is 0 Å². The number of imidazole rings is 1. The number of nitriles is 1. The molecular formula is C14H12N4S. The Labute approximate surface area is 115 Å². The van der Waals surface area contributed by atoms with E-state index >= 15 is 0 Å². The minimum absolute atomic E-state index is 0.357. The summed E-state index contributed by atoms with van der Waals surface area (Å²) in [6.45, 7) is 4.15. The normalized spacial score (nSPS) is 10.8. The molecule has 19 heavy (non-hydrogen) atoms. The van der Waals surface area contributed by atoms with Gasteiger partial charge in [0, 0.05) is 28.5 Å². The van der Waals surface area contributed by atoms with Gasteiger partial charge in [-0.25, -0.2) is 4.98 Å². The Morgan fingerprint density at radius 3 is 2.74 bits per heavy atom. The largest absolute Gasteiger partial charge is 0.290 e. The molecule has 0 atom stereocenters. The summed E-state index contributed by atoms with van der Waals surface area (Å²) >= 11 is 1.66. The first-order chi connectivity index (χ1) is 9.22. The fraction of sp³-hybridized carbons (Fsp3) is 0.214. The molecule has 0 aromatic carbocycles. The summed E-state index contributed by atoms with van der Waals surface area (Å²) in [6.07, 6.45) is 3.85. The molecule has 5 heteroatoms. The lowest BCUT2D eigenvalue weighted by atomic mass is 10.1. The van der Waals surface area contributed by atoms with Crippen molar-refractivity contribution in [1.29, 1.82) is 5.26 Å². The van der Waals surface area contributed by atoms with Gasteiger partial charge in [0.25, 0.3) is 0 Å². The van der Waals surface area contributed by atoms with Crippen molar-refractivity contribution in [3.8, 4) is 17.3 Å². The lowest BCUT2D eigenvalue weighted by Crippen LogP contribution is -1.95. The lowest BCUT2D eigenvalue weighted by Gasteiger charge is -2.02. The summed E-state index contributed by atoms with van der Waals surface area (Å²) in [5.74, 6) is 0. The van der Waals surface area contributed by atoms with Crippen molar-refractivity contribution in [3.63, 3.8) is 0 Å². The van der Waals surface area contributed by atoms with Crippen molar-refractivity contribution >= 4 is 16.3 Å². The van der Waals surface area contributed by atoms with Gasteiger partial charge >= 0.3 is 0 Å². The highest BCUT2D eigenvalue weighted by Crippen LogP contribution is 2.30. The zero-order chi connectivity index (χ0) is 13.4. The second kappa shape index (κ2) is 4.48. The number of pyridine rings is 1. The van der Waals surface area contributed by atoms with Gasteiger partial charge in [0.1, 0.15) is 0 Å². The predicted molar refractivity (Wildman–Crippen MR) is 75.1 cm³/mol. The topological polar surface area (TPSA) is 54.0 Å². The molecule has 0 fully saturated rings. The van der Waals surface area contributed by atoms with Crippen molar-refractivity contribution in [1.82, 2.24) is 14.4 Å². The molecular weight excluding hydrogens is 256 g/mol. The van der Waals surface area contributed by atoms with Gasteiger partial charge in [-0.1, -0.05) is 0 Å². The summed E-state index contributed by atoms with van der Waals surface area (Å²) in [7, 11) is 0. The van der Waals surface area contributed by atoms with E-state index in [0.29, 0.717) is 6.42 Å². The van der Waals surface area contributed by atoms with E-state index in [0.717, 1.165) is 27.6 Å². The third kappa shape index (κ3) is 1.81. The van der Waals surface area contributed by atoms with Crippen LogP contribution in [0.1, 0.15) is 16.3 Å². The maximum Gasteiger partial charge on any atom is 0.194 e. The Hall–Kier alpha value is -2.19. The molecule has 0 unspecified atom stereocenters. The molecule has 3 heterocycles. The molecule has 0 amide bonds. The van der Waals surface area contributed by atoms with Crippen LogP contribution in [-0.4, -0.2) is 14.4 Å². The summed E-state index contributed by atoms with van der Waals surface area (Å²) in [6, 6.07) is 6.09. The van der Waals surface area contributed by atoms with Crippen molar-refractivity contribution in [3.05, 3.63) is 40.8 Å². The highest BCUT2D eigenvalue weighted by molar-refractivity contribution is 7.17. The Bertz CT molecular complexity index is 777. The fourth-order valence-electron chi connectivity index (χ4n) is 2.19. The molecule has 4 nitrogen and oxygen atoms in total. The van der Waals surface area contributed by atoms with Crippen molar-refractivity contribution in [2.24, 2.45) is 0 Å². The zero-order valence-electron chi connectivity index (χ0n) is 10.7. The van der Waals surface area contributed by atoms with Crippen molar-refractivity contribution < 1.29 is 0 Å². The number of hydrogen-bond donors (Lipinski definition) is 0. The standard InChI is InChI=1S/C14H12N4S/c1-9-10(2)19-14-17-13(11-4-7-16-8-5-11)12(3-6-15)18(9)14/h4-5,7-8H,3H2,1-2H3. The first kappa shape index (κ1) is 11.9. The summed E-state index contributed by atoms with van der Waals surface area (Å²) in [5.41, 5.74) is 4.02.